The molecule has 33 heavy (non-hydrogen) atoms. The van der Waals surface area contributed by atoms with Crippen molar-refractivity contribution >= 4 is 40.3 Å². The topological polar surface area (TPSA) is 0 Å². The van der Waals surface area contributed by atoms with Gasteiger partial charge in [0.2, 0.25) is 0 Å². The zero-order chi connectivity index (χ0) is 22.7. The molecule has 0 aliphatic heterocycles. The van der Waals surface area contributed by atoms with E-state index in [2.05, 4.69) is 50.2 Å². The Labute approximate surface area is 229 Å². The summed E-state index contributed by atoms with van der Waals surface area (Å²) in [5.74, 6) is 0. The molecule has 0 N–H and O–H groups in total. The van der Waals surface area contributed by atoms with Crippen molar-refractivity contribution in [2.24, 2.45) is 0 Å². The van der Waals surface area contributed by atoms with Gasteiger partial charge < -0.3 is 0 Å². The van der Waals surface area contributed by atoms with Crippen LogP contribution in [0.3, 0.4) is 0 Å². The minimum Gasteiger partial charge on any atom is -0.0654 e. The van der Waals surface area contributed by atoms with Crippen LogP contribution in [0.5, 0.6) is 0 Å². The van der Waals surface area contributed by atoms with E-state index >= 15 is 0 Å². The van der Waals surface area contributed by atoms with Gasteiger partial charge in [-0.05, 0) is 47.6 Å². The molecule has 0 unspecified atom stereocenters. The van der Waals surface area contributed by atoms with Gasteiger partial charge in [0.1, 0.15) is 0 Å². The third-order valence-corrected chi connectivity index (χ3v) is 7.22. The van der Waals surface area contributed by atoms with E-state index < -0.39 is 0 Å². The summed E-state index contributed by atoms with van der Waals surface area (Å²) in [7, 11) is 0. The Morgan fingerprint density at radius 2 is 0.909 bits per heavy atom. The van der Waals surface area contributed by atoms with Crippen molar-refractivity contribution in [2.75, 3.05) is 0 Å². The SMILES string of the molecule is CCCCCCCCCCCc1ccc2ccccc2c1CCCCCCCCCCC.[Na]. The molecule has 0 spiro atoms. The maximum Gasteiger partial charge on any atom is 0 e. The number of fused-ring (bicyclic) bond motifs is 1. The predicted octanol–water partition coefficient (Wildman–Crippen LogP) is 10.6. The fourth-order valence-electron chi connectivity index (χ4n) is 5.15. The second kappa shape index (κ2) is 21.0. The number of hydrogen-bond donors (Lipinski definition) is 0. The summed E-state index contributed by atoms with van der Waals surface area (Å²) < 4.78 is 0. The molecular formula is C32H52Na. The van der Waals surface area contributed by atoms with Gasteiger partial charge in [-0.1, -0.05) is 153 Å². The first kappa shape index (κ1) is 30.7. The molecular weight excluding hydrogens is 407 g/mol. The Kier molecular flexibility index (Phi) is 19.6. The van der Waals surface area contributed by atoms with E-state index in [4.69, 9.17) is 0 Å². The van der Waals surface area contributed by atoms with Crippen molar-refractivity contribution in [3.05, 3.63) is 47.5 Å². The fraction of sp³-hybridized carbons (Fsp3) is 0.688. The summed E-state index contributed by atoms with van der Waals surface area (Å²) in [6.07, 6.45) is 28.0. The molecule has 0 nitrogen and oxygen atoms in total. The Hall–Kier alpha value is -0.300. The Balaban J connectivity index is 0.00000544. The van der Waals surface area contributed by atoms with Crippen LogP contribution in [0.25, 0.3) is 10.8 Å². The Morgan fingerprint density at radius 1 is 0.455 bits per heavy atom. The summed E-state index contributed by atoms with van der Waals surface area (Å²) in [6, 6.07) is 13.9. The standard InChI is InChI=1S/C32H52.Na/c1-3-5-7-9-11-13-15-17-19-23-29-27-28-30-24-21-22-26-32(30)31(29)25-20-18-16-14-12-10-8-6-4-2;/h21-22,24,26-28H,3-20,23,25H2,1-2H3;. The first-order chi connectivity index (χ1) is 15.9. The molecule has 0 aromatic heterocycles. The zero-order valence-electron chi connectivity index (χ0n) is 22.6. The molecule has 2 aromatic carbocycles. The Bertz CT molecular complexity index is 705. The quantitative estimate of drug-likeness (QED) is 0.136. The van der Waals surface area contributed by atoms with Crippen molar-refractivity contribution in [3.63, 3.8) is 0 Å². The van der Waals surface area contributed by atoms with Gasteiger partial charge in [-0.3, -0.25) is 0 Å². The van der Waals surface area contributed by atoms with E-state index in [1.165, 1.54) is 139 Å². The molecule has 0 aliphatic rings. The molecule has 0 aliphatic carbocycles. The second-order valence-corrected chi connectivity index (χ2v) is 10.1. The number of aryl methyl sites for hydroxylation is 2. The van der Waals surface area contributed by atoms with Gasteiger partial charge in [-0.2, -0.15) is 0 Å². The second-order valence-electron chi connectivity index (χ2n) is 10.1. The predicted molar refractivity (Wildman–Crippen MR) is 152 cm³/mol. The van der Waals surface area contributed by atoms with Gasteiger partial charge in [-0.25, -0.2) is 0 Å². The van der Waals surface area contributed by atoms with E-state index in [9.17, 15) is 0 Å². The molecule has 0 saturated carbocycles. The smallest absolute Gasteiger partial charge is 0 e. The van der Waals surface area contributed by atoms with Crippen molar-refractivity contribution < 1.29 is 0 Å². The van der Waals surface area contributed by atoms with E-state index in [0.717, 1.165) is 0 Å². The summed E-state index contributed by atoms with van der Waals surface area (Å²) in [5.41, 5.74) is 3.29. The minimum atomic E-state index is 0. The summed E-state index contributed by atoms with van der Waals surface area (Å²) >= 11 is 0. The molecule has 0 saturated heterocycles. The summed E-state index contributed by atoms with van der Waals surface area (Å²) in [5, 5.41) is 2.94. The zero-order valence-corrected chi connectivity index (χ0v) is 24.6. The van der Waals surface area contributed by atoms with Crippen LogP contribution in [0.1, 0.15) is 141 Å². The minimum absolute atomic E-state index is 0. The van der Waals surface area contributed by atoms with Crippen LogP contribution >= 0.6 is 0 Å². The largest absolute Gasteiger partial charge is 0.0654 e. The number of hydrogen-bond acceptors (Lipinski definition) is 0. The molecule has 0 atom stereocenters. The van der Waals surface area contributed by atoms with Crippen LogP contribution in [0.15, 0.2) is 36.4 Å². The summed E-state index contributed by atoms with van der Waals surface area (Å²) in [6.45, 7) is 4.60. The third-order valence-electron chi connectivity index (χ3n) is 7.22. The fourth-order valence-corrected chi connectivity index (χ4v) is 5.15. The number of rotatable bonds is 20. The maximum absolute atomic E-state index is 2.44. The molecule has 1 heteroatoms. The van der Waals surface area contributed by atoms with Crippen LogP contribution in [-0.4, -0.2) is 29.6 Å². The van der Waals surface area contributed by atoms with Crippen LogP contribution in [0, 0.1) is 0 Å². The van der Waals surface area contributed by atoms with Gasteiger partial charge in [0, 0.05) is 29.6 Å². The Morgan fingerprint density at radius 3 is 1.45 bits per heavy atom. The molecule has 0 amide bonds. The van der Waals surface area contributed by atoms with Crippen LogP contribution in [0.4, 0.5) is 0 Å². The average molecular weight is 460 g/mol. The monoisotopic (exact) mass is 459 g/mol. The molecule has 181 valence electrons. The van der Waals surface area contributed by atoms with Gasteiger partial charge in [0.05, 0.1) is 0 Å². The van der Waals surface area contributed by atoms with Gasteiger partial charge >= 0.3 is 0 Å². The maximum atomic E-state index is 2.44. The van der Waals surface area contributed by atoms with Crippen LogP contribution in [0.2, 0.25) is 0 Å². The molecule has 1 radical (unpaired) electrons. The first-order valence-electron chi connectivity index (χ1n) is 14.4. The van der Waals surface area contributed by atoms with E-state index in [1.54, 1.807) is 11.1 Å². The molecule has 2 aromatic rings. The average Bonchev–Trinajstić information content (AvgIpc) is 2.82. The van der Waals surface area contributed by atoms with Gasteiger partial charge in [0.15, 0.2) is 0 Å². The summed E-state index contributed by atoms with van der Waals surface area (Å²) in [4.78, 5) is 0. The van der Waals surface area contributed by atoms with E-state index in [1.807, 2.05) is 0 Å². The van der Waals surface area contributed by atoms with Crippen LogP contribution < -0.4 is 0 Å². The number of unbranched alkanes of at least 4 members (excludes halogenated alkanes) is 16. The molecule has 0 bridgehead atoms. The normalized spacial score (nSPS) is 11.1. The van der Waals surface area contributed by atoms with E-state index in [0.29, 0.717) is 0 Å². The van der Waals surface area contributed by atoms with Gasteiger partial charge in [-0.15, -0.1) is 0 Å². The van der Waals surface area contributed by atoms with Crippen molar-refractivity contribution in [1.29, 1.82) is 0 Å². The van der Waals surface area contributed by atoms with Crippen LogP contribution in [-0.2, 0) is 12.8 Å². The number of benzene rings is 2. The first-order valence-corrected chi connectivity index (χ1v) is 14.4. The van der Waals surface area contributed by atoms with Crippen molar-refractivity contribution in [2.45, 2.75) is 142 Å². The molecule has 0 heterocycles. The third kappa shape index (κ3) is 13.4. The molecule has 2 rings (SSSR count). The van der Waals surface area contributed by atoms with Crippen molar-refractivity contribution in [3.8, 4) is 0 Å². The van der Waals surface area contributed by atoms with E-state index in [-0.39, 0.29) is 29.6 Å². The molecule has 0 fully saturated rings. The van der Waals surface area contributed by atoms with Crippen molar-refractivity contribution in [1.82, 2.24) is 0 Å². The van der Waals surface area contributed by atoms with Gasteiger partial charge in [0.25, 0.3) is 0 Å².